The first-order chi connectivity index (χ1) is 11.8. The highest BCUT2D eigenvalue weighted by molar-refractivity contribution is 9.10. The quantitative estimate of drug-likeness (QED) is 0.686. The molecule has 0 saturated heterocycles. The number of sulfonamides is 1. The smallest absolute Gasteiger partial charge is 0.324 e. The van der Waals surface area contributed by atoms with Gasteiger partial charge in [0.2, 0.25) is 10.0 Å². The summed E-state index contributed by atoms with van der Waals surface area (Å²) < 4.78 is 46.6. The molecule has 0 amide bonds. The Morgan fingerprint density at radius 1 is 1.24 bits per heavy atom. The molecule has 1 atom stereocenters. The van der Waals surface area contributed by atoms with Crippen LogP contribution in [-0.2, 0) is 26.0 Å². The number of hydrogen-bond donors (Lipinski definition) is 1. The van der Waals surface area contributed by atoms with Crippen molar-refractivity contribution >= 4 is 31.9 Å². The van der Waals surface area contributed by atoms with Gasteiger partial charge in [-0.1, -0.05) is 46.3 Å². The summed E-state index contributed by atoms with van der Waals surface area (Å²) in [4.78, 5) is 11.6. The largest absolute Gasteiger partial charge is 0.465 e. The molecule has 0 radical (unpaired) electrons. The molecule has 2 aromatic carbocycles. The van der Waals surface area contributed by atoms with E-state index in [0.29, 0.717) is 4.47 Å². The lowest BCUT2D eigenvalue weighted by Gasteiger charge is -2.18. The predicted octanol–water partition coefficient (Wildman–Crippen LogP) is 3.04. The van der Waals surface area contributed by atoms with Crippen LogP contribution in [-0.4, -0.2) is 27.0 Å². The fourth-order valence-corrected chi connectivity index (χ4v) is 4.00. The summed E-state index contributed by atoms with van der Waals surface area (Å²) in [5.41, 5.74) is 0.748. The minimum atomic E-state index is -4.25. The Kier molecular flexibility index (Phi) is 6.69. The van der Waals surface area contributed by atoms with Crippen LogP contribution < -0.4 is 4.72 Å². The van der Waals surface area contributed by atoms with E-state index in [0.717, 1.165) is 17.7 Å². The SMILES string of the molecule is CCOC(=O)C(Cc1ccccc1)NS(=O)(=O)c1cc(Br)ccc1F. The molecule has 25 heavy (non-hydrogen) atoms. The number of carbonyl (C=O) groups excluding carboxylic acids is 1. The number of esters is 1. The summed E-state index contributed by atoms with van der Waals surface area (Å²) in [5, 5.41) is 0. The second-order valence-corrected chi connectivity index (χ2v) is 7.79. The van der Waals surface area contributed by atoms with Gasteiger partial charge in [0.25, 0.3) is 0 Å². The molecule has 0 aliphatic heterocycles. The maximum Gasteiger partial charge on any atom is 0.324 e. The monoisotopic (exact) mass is 429 g/mol. The van der Waals surface area contributed by atoms with E-state index in [9.17, 15) is 17.6 Å². The highest BCUT2D eigenvalue weighted by Gasteiger charge is 2.29. The van der Waals surface area contributed by atoms with Crippen LogP contribution in [0.4, 0.5) is 4.39 Å². The van der Waals surface area contributed by atoms with Crippen LogP contribution in [0.2, 0.25) is 0 Å². The van der Waals surface area contributed by atoms with Gasteiger partial charge in [-0.15, -0.1) is 0 Å². The van der Waals surface area contributed by atoms with Crippen LogP contribution in [0.1, 0.15) is 12.5 Å². The lowest BCUT2D eigenvalue weighted by Crippen LogP contribution is -2.43. The van der Waals surface area contributed by atoms with Gasteiger partial charge in [-0.3, -0.25) is 4.79 Å². The van der Waals surface area contributed by atoms with E-state index in [1.54, 1.807) is 31.2 Å². The predicted molar refractivity (Wildman–Crippen MR) is 95.0 cm³/mol. The Morgan fingerprint density at radius 2 is 1.92 bits per heavy atom. The summed E-state index contributed by atoms with van der Waals surface area (Å²) in [5.74, 6) is -1.62. The number of ether oxygens (including phenoxy) is 1. The zero-order valence-corrected chi connectivity index (χ0v) is 15.8. The first-order valence-electron chi connectivity index (χ1n) is 7.51. The fourth-order valence-electron chi connectivity index (χ4n) is 2.20. The number of nitrogens with one attached hydrogen (secondary N) is 1. The molecule has 134 valence electrons. The van der Waals surface area contributed by atoms with E-state index in [1.807, 2.05) is 6.07 Å². The van der Waals surface area contributed by atoms with Crippen molar-refractivity contribution in [2.24, 2.45) is 0 Å². The van der Waals surface area contributed by atoms with Crippen LogP contribution in [0.25, 0.3) is 0 Å². The van der Waals surface area contributed by atoms with Gasteiger partial charge in [-0.2, -0.15) is 4.72 Å². The first-order valence-corrected chi connectivity index (χ1v) is 9.79. The molecular weight excluding hydrogens is 413 g/mol. The second-order valence-electron chi connectivity index (χ2n) is 5.19. The van der Waals surface area contributed by atoms with Crippen LogP contribution >= 0.6 is 15.9 Å². The van der Waals surface area contributed by atoms with Crippen molar-refractivity contribution in [3.05, 3.63) is 64.4 Å². The first kappa shape index (κ1) is 19.6. The average molecular weight is 430 g/mol. The molecule has 0 bridgehead atoms. The molecular formula is C17H17BrFNO4S. The molecule has 0 spiro atoms. The summed E-state index contributed by atoms with van der Waals surface area (Å²) in [6, 6.07) is 11.3. The van der Waals surface area contributed by atoms with Crippen molar-refractivity contribution in [1.29, 1.82) is 0 Å². The molecule has 0 aliphatic carbocycles. The number of halogens is 2. The van der Waals surface area contributed by atoms with E-state index >= 15 is 0 Å². The molecule has 1 unspecified atom stereocenters. The molecule has 2 aromatic rings. The Labute approximate surface area is 154 Å². The topological polar surface area (TPSA) is 72.5 Å². The summed E-state index contributed by atoms with van der Waals surface area (Å²) in [6.45, 7) is 1.73. The van der Waals surface area contributed by atoms with E-state index in [1.165, 1.54) is 6.07 Å². The Morgan fingerprint density at radius 3 is 2.56 bits per heavy atom. The zero-order valence-electron chi connectivity index (χ0n) is 13.4. The van der Waals surface area contributed by atoms with Crippen LogP contribution in [0.5, 0.6) is 0 Å². The Hall–Kier alpha value is -1.77. The lowest BCUT2D eigenvalue weighted by atomic mass is 10.1. The molecule has 8 heteroatoms. The molecule has 5 nitrogen and oxygen atoms in total. The zero-order chi connectivity index (χ0) is 18.4. The van der Waals surface area contributed by atoms with Gasteiger partial charge < -0.3 is 4.74 Å². The number of carbonyl (C=O) groups is 1. The van der Waals surface area contributed by atoms with Crippen molar-refractivity contribution in [2.75, 3.05) is 6.61 Å². The van der Waals surface area contributed by atoms with E-state index < -0.39 is 32.7 Å². The van der Waals surface area contributed by atoms with Gasteiger partial charge in [-0.25, -0.2) is 12.8 Å². The summed E-state index contributed by atoms with van der Waals surface area (Å²) in [6.07, 6.45) is 0.0918. The Bertz CT molecular complexity index is 843. The van der Waals surface area contributed by atoms with E-state index in [4.69, 9.17) is 4.74 Å². The van der Waals surface area contributed by atoms with Gasteiger partial charge >= 0.3 is 5.97 Å². The normalized spacial score (nSPS) is 12.6. The Balaban J connectivity index is 2.31. The highest BCUT2D eigenvalue weighted by atomic mass is 79.9. The molecule has 1 N–H and O–H groups in total. The van der Waals surface area contributed by atoms with Gasteiger partial charge in [0.1, 0.15) is 16.8 Å². The average Bonchev–Trinajstić information content (AvgIpc) is 2.57. The molecule has 0 aromatic heterocycles. The minimum absolute atomic E-state index is 0.0918. The van der Waals surface area contributed by atoms with Gasteiger partial charge in [0, 0.05) is 4.47 Å². The van der Waals surface area contributed by atoms with Gasteiger partial charge in [0.05, 0.1) is 6.61 Å². The maximum absolute atomic E-state index is 13.9. The minimum Gasteiger partial charge on any atom is -0.465 e. The fraction of sp³-hybridized carbons (Fsp3) is 0.235. The maximum atomic E-state index is 13.9. The molecule has 2 rings (SSSR count). The van der Waals surface area contributed by atoms with Crippen molar-refractivity contribution in [3.63, 3.8) is 0 Å². The van der Waals surface area contributed by atoms with Gasteiger partial charge in [-0.05, 0) is 37.1 Å². The molecule has 0 heterocycles. The van der Waals surface area contributed by atoms with Crippen molar-refractivity contribution in [2.45, 2.75) is 24.3 Å². The number of benzene rings is 2. The lowest BCUT2D eigenvalue weighted by molar-refractivity contribution is -0.145. The number of hydrogen-bond acceptors (Lipinski definition) is 4. The van der Waals surface area contributed by atoms with E-state index in [-0.39, 0.29) is 13.0 Å². The van der Waals surface area contributed by atoms with E-state index in [2.05, 4.69) is 20.7 Å². The summed E-state index contributed by atoms with van der Waals surface area (Å²) >= 11 is 3.11. The number of rotatable bonds is 7. The van der Waals surface area contributed by atoms with Crippen LogP contribution in [0, 0.1) is 5.82 Å². The second kappa shape index (κ2) is 8.55. The molecule has 0 saturated carbocycles. The molecule has 0 aliphatic rings. The molecule has 0 fully saturated rings. The van der Waals surface area contributed by atoms with Gasteiger partial charge in [0.15, 0.2) is 0 Å². The van der Waals surface area contributed by atoms with Crippen LogP contribution in [0.15, 0.2) is 57.9 Å². The van der Waals surface area contributed by atoms with Crippen LogP contribution in [0.3, 0.4) is 0 Å². The third kappa shape index (κ3) is 5.35. The third-order valence-electron chi connectivity index (χ3n) is 3.33. The van der Waals surface area contributed by atoms with Crippen molar-refractivity contribution < 1.29 is 22.3 Å². The standard InChI is InChI=1S/C17H17BrFNO4S/c1-2-24-17(21)15(10-12-6-4-3-5-7-12)20-25(22,23)16-11-13(18)8-9-14(16)19/h3-9,11,15,20H,2,10H2,1H3. The highest BCUT2D eigenvalue weighted by Crippen LogP contribution is 2.20. The summed E-state index contributed by atoms with van der Waals surface area (Å²) in [7, 11) is -4.25. The third-order valence-corrected chi connectivity index (χ3v) is 5.31. The van der Waals surface area contributed by atoms with Crippen molar-refractivity contribution in [3.8, 4) is 0 Å². The van der Waals surface area contributed by atoms with Crippen molar-refractivity contribution in [1.82, 2.24) is 4.72 Å².